The third-order valence-electron chi connectivity index (χ3n) is 5.79. The minimum Gasteiger partial charge on any atom is -0.466 e. The van der Waals surface area contributed by atoms with Crippen molar-refractivity contribution in [1.82, 2.24) is 0 Å². The van der Waals surface area contributed by atoms with Crippen LogP contribution in [0.4, 0.5) is 0 Å². The Morgan fingerprint density at radius 3 is 1.78 bits per heavy atom. The maximum atomic E-state index is 12.7. The molecule has 5 atom stereocenters. The molecule has 0 bridgehead atoms. The number of nitrogens with one attached hydrogen (secondary N) is 1. The fourth-order valence-corrected chi connectivity index (χ4v) is 3.82. The van der Waals surface area contributed by atoms with E-state index in [1.807, 2.05) is 13.8 Å². The van der Waals surface area contributed by atoms with Gasteiger partial charge in [0.05, 0.1) is 13.0 Å². The fourth-order valence-electron chi connectivity index (χ4n) is 3.82. The number of methoxy groups -OCH3 is 1. The van der Waals surface area contributed by atoms with Crippen molar-refractivity contribution in [3.8, 4) is 0 Å². The van der Waals surface area contributed by atoms with Crippen molar-refractivity contribution in [3.63, 3.8) is 0 Å². The van der Waals surface area contributed by atoms with Gasteiger partial charge in [-0.15, -0.1) is 0 Å². The van der Waals surface area contributed by atoms with Gasteiger partial charge in [-0.2, -0.15) is 0 Å². The van der Waals surface area contributed by atoms with Crippen LogP contribution in [0.1, 0.15) is 79.1 Å². The summed E-state index contributed by atoms with van der Waals surface area (Å²) in [5.74, 6) is -4.50. The van der Waals surface area contributed by atoms with Crippen molar-refractivity contribution in [2.75, 3.05) is 20.3 Å². The highest BCUT2D eigenvalue weighted by Gasteiger charge is 2.52. The molecule has 0 amide bonds. The second kappa shape index (κ2) is 19.6. The Bertz CT molecular complexity index is 918. The second-order valence-corrected chi connectivity index (χ2v) is 9.33. The molecule has 0 spiro atoms. The van der Waals surface area contributed by atoms with Crippen LogP contribution in [0.3, 0.4) is 0 Å². The topological polar surface area (TPSA) is 174 Å². The molecule has 0 aromatic carbocycles. The first-order chi connectivity index (χ1) is 19.6. The number of carbonyl (C=O) groups is 5. The number of rotatable bonds is 17. The van der Waals surface area contributed by atoms with Gasteiger partial charge in [0.1, 0.15) is 19.3 Å². The number of esters is 5. The molecule has 1 unspecified atom stereocenters. The quantitative estimate of drug-likeness (QED) is 0.0869. The predicted octanol–water partition coefficient (Wildman–Crippen LogP) is 3.16. The van der Waals surface area contributed by atoms with E-state index in [9.17, 15) is 24.0 Å². The van der Waals surface area contributed by atoms with Gasteiger partial charge >= 0.3 is 29.8 Å². The van der Waals surface area contributed by atoms with E-state index < -0.39 is 67.0 Å². The molecule has 1 fully saturated rings. The maximum Gasteiger partial charge on any atom is 0.331 e. The standard InChI is InChI=1S/C28H43NO12/c1-6-10-20(29)39-28-18(16-36-22(31)11-7-2)26(40-24(33)12-8-3)27(41-25(34)13-9-4)19(38-28)17-37-23(32)15-14-21(30)35-5/h14-15,18-19,26-29H,6-13,16-17H2,1-5H3/b15-14+,29-20?/t18?,19-,26-,27+,28+/m1/s1. The lowest BCUT2D eigenvalue weighted by atomic mass is 9.90. The molecule has 41 heavy (non-hydrogen) atoms. The average molecular weight is 586 g/mol. The smallest absolute Gasteiger partial charge is 0.331 e. The number of carbonyl (C=O) groups excluding carboxylic acids is 5. The van der Waals surface area contributed by atoms with Gasteiger partial charge in [-0.1, -0.05) is 27.7 Å². The lowest BCUT2D eigenvalue weighted by Gasteiger charge is -2.44. The molecule has 1 N–H and O–H groups in total. The van der Waals surface area contributed by atoms with Crippen LogP contribution in [0.5, 0.6) is 0 Å². The van der Waals surface area contributed by atoms with E-state index in [1.54, 1.807) is 13.8 Å². The van der Waals surface area contributed by atoms with E-state index >= 15 is 0 Å². The molecule has 232 valence electrons. The molecule has 1 aliphatic rings. The summed E-state index contributed by atoms with van der Waals surface area (Å²) in [6.07, 6.45) is -0.624. The fraction of sp³-hybridized carbons (Fsp3) is 0.714. The van der Waals surface area contributed by atoms with Crippen LogP contribution in [0, 0.1) is 11.3 Å². The van der Waals surface area contributed by atoms with Gasteiger partial charge in [0.25, 0.3) is 0 Å². The Labute approximate surface area is 240 Å². The summed E-state index contributed by atoms with van der Waals surface area (Å²) in [6, 6.07) is 0. The zero-order chi connectivity index (χ0) is 30.8. The molecule has 0 aliphatic carbocycles. The summed E-state index contributed by atoms with van der Waals surface area (Å²) in [7, 11) is 1.15. The molecule has 0 saturated carbocycles. The van der Waals surface area contributed by atoms with E-state index in [0.717, 1.165) is 19.3 Å². The highest BCUT2D eigenvalue weighted by molar-refractivity contribution is 5.91. The van der Waals surface area contributed by atoms with Crippen molar-refractivity contribution < 1.29 is 57.1 Å². The van der Waals surface area contributed by atoms with Crippen molar-refractivity contribution in [1.29, 1.82) is 5.41 Å². The SMILES string of the molecule is CCCC(=N)O[C@@H]1O[C@H](COC(=O)/C=C/C(=O)OC)[C@H](OC(=O)CCC)[C@H](OC(=O)CCC)C1COC(=O)CCC. The Morgan fingerprint density at radius 2 is 1.22 bits per heavy atom. The van der Waals surface area contributed by atoms with Gasteiger partial charge < -0.3 is 33.2 Å². The van der Waals surface area contributed by atoms with Crippen LogP contribution in [0.2, 0.25) is 0 Å². The Balaban J connectivity index is 3.45. The van der Waals surface area contributed by atoms with Crippen LogP contribution in [-0.2, 0) is 57.1 Å². The lowest BCUT2D eigenvalue weighted by molar-refractivity contribution is -0.280. The molecular weight excluding hydrogens is 542 g/mol. The highest BCUT2D eigenvalue weighted by atomic mass is 16.7. The number of hydrogen-bond donors (Lipinski definition) is 1. The third-order valence-corrected chi connectivity index (χ3v) is 5.79. The monoisotopic (exact) mass is 585 g/mol. The van der Waals surface area contributed by atoms with E-state index in [4.69, 9.17) is 33.8 Å². The summed E-state index contributed by atoms with van der Waals surface area (Å²) in [6.45, 7) is 6.43. The maximum absolute atomic E-state index is 12.7. The molecule has 0 aromatic rings. The van der Waals surface area contributed by atoms with Crippen LogP contribution in [-0.4, -0.2) is 80.7 Å². The summed E-state index contributed by atoms with van der Waals surface area (Å²) in [4.78, 5) is 61.1. The molecule has 1 heterocycles. The van der Waals surface area contributed by atoms with Gasteiger partial charge in [-0.25, -0.2) is 9.59 Å². The summed E-state index contributed by atoms with van der Waals surface area (Å²) < 4.78 is 38.4. The summed E-state index contributed by atoms with van der Waals surface area (Å²) >= 11 is 0. The summed E-state index contributed by atoms with van der Waals surface area (Å²) in [5, 5.41) is 8.20. The Hall–Kier alpha value is -3.48. The number of hydrogen-bond acceptors (Lipinski definition) is 13. The van der Waals surface area contributed by atoms with E-state index in [2.05, 4.69) is 4.74 Å². The van der Waals surface area contributed by atoms with E-state index in [-0.39, 0.29) is 38.2 Å². The zero-order valence-electron chi connectivity index (χ0n) is 24.5. The van der Waals surface area contributed by atoms with Crippen LogP contribution in [0.25, 0.3) is 0 Å². The molecule has 1 aliphatic heterocycles. The largest absolute Gasteiger partial charge is 0.466 e. The van der Waals surface area contributed by atoms with E-state index in [1.165, 1.54) is 0 Å². The van der Waals surface area contributed by atoms with E-state index in [0.29, 0.717) is 25.7 Å². The first-order valence-corrected chi connectivity index (χ1v) is 14.0. The first kappa shape index (κ1) is 35.5. The molecular formula is C28H43NO12. The first-order valence-electron chi connectivity index (χ1n) is 14.0. The normalized spacial score (nSPS) is 21.9. The molecule has 0 aromatic heterocycles. The minimum absolute atomic E-state index is 0.0533. The molecule has 13 heteroatoms. The number of ether oxygens (including phenoxy) is 7. The lowest BCUT2D eigenvalue weighted by Crippen LogP contribution is -2.60. The van der Waals surface area contributed by atoms with Gasteiger partial charge in [0.15, 0.2) is 18.1 Å². The van der Waals surface area contributed by atoms with Crippen LogP contribution in [0.15, 0.2) is 12.2 Å². The van der Waals surface area contributed by atoms with Gasteiger partial charge in [0.2, 0.25) is 6.29 Å². The zero-order valence-corrected chi connectivity index (χ0v) is 24.5. The van der Waals surface area contributed by atoms with Crippen molar-refractivity contribution in [3.05, 3.63) is 12.2 Å². The van der Waals surface area contributed by atoms with Gasteiger partial charge in [-0.3, -0.25) is 19.8 Å². The average Bonchev–Trinajstić information content (AvgIpc) is 2.92. The molecule has 13 nitrogen and oxygen atoms in total. The van der Waals surface area contributed by atoms with Gasteiger partial charge in [-0.05, 0) is 25.7 Å². The van der Waals surface area contributed by atoms with Crippen molar-refractivity contribution in [2.24, 2.45) is 5.92 Å². The van der Waals surface area contributed by atoms with Gasteiger partial charge in [0, 0.05) is 37.8 Å². The molecule has 0 radical (unpaired) electrons. The minimum atomic E-state index is -1.28. The Morgan fingerprint density at radius 1 is 0.683 bits per heavy atom. The van der Waals surface area contributed by atoms with Crippen molar-refractivity contribution in [2.45, 2.75) is 104 Å². The molecule has 1 saturated heterocycles. The van der Waals surface area contributed by atoms with Crippen molar-refractivity contribution >= 4 is 35.7 Å². The second-order valence-electron chi connectivity index (χ2n) is 9.33. The third kappa shape index (κ3) is 13.2. The van der Waals surface area contributed by atoms with Crippen LogP contribution >= 0.6 is 0 Å². The highest BCUT2D eigenvalue weighted by Crippen LogP contribution is 2.33. The van der Waals surface area contributed by atoms with Crippen LogP contribution < -0.4 is 0 Å². The predicted molar refractivity (Wildman–Crippen MR) is 143 cm³/mol. The Kier molecular flexibility index (Phi) is 17.0. The molecule has 1 rings (SSSR count). The summed E-state index contributed by atoms with van der Waals surface area (Å²) in [5.41, 5.74) is 0.